The number of benzene rings is 1. The summed E-state index contributed by atoms with van der Waals surface area (Å²) in [6.45, 7) is 5.66. The van der Waals surface area contributed by atoms with Crippen molar-refractivity contribution in [2.24, 2.45) is 0 Å². The quantitative estimate of drug-likeness (QED) is 0.344. The Morgan fingerprint density at radius 2 is 1.88 bits per heavy atom. The highest BCUT2D eigenvalue weighted by Crippen LogP contribution is 2.55. The van der Waals surface area contributed by atoms with E-state index in [0.29, 0.717) is 0 Å². The summed E-state index contributed by atoms with van der Waals surface area (Å²) >= 11 is 0. The lowest BCUT2D eigenvalue weighted by Crippen LogP contribution is -2.30. The minimum atomic E-state index is -1.01. The molecule has 17 heavy (non-hydrogen) atoms. The van der Waals surface area contributed by atoms with E-state index in [9.17, 15) is 4.79 Å². The summed E-state index contributed by atoms with van der Waals surface area (Å²) in [4.78, 5) is 14.8. The van der Waals surface area contributed by atoms with E-state index in [2.05, 4.69) is 4.79 Å². The zero-order valence-corrected chi connectivity index (χ0v) is 10.1. The number of rotatable bonds is 3. The number of hydrogen-bond acceptors (Lipinski definition) is 2. The predicted octanol–water partition coefficient (Wildman–Crippen LogP) is 1.87. The van der Waals surface area contributed by atoms with Crippen molar-refractivity contribution < 1.29 is 14.3 Å². The Kier molecular flexibility index (Phi) is 2.49. The summed E-state index contributed by atoms with van der Waals surface area (Å²) in [7, 11) is 0. The van der Waals surface area contributed by atoms with Crippen molar-refractivity contribution in [2.75, 3.05) is 0 Å². The SMILES string of the molecule is Cc1ccc([C@]2(C(=O)C=[N+]=[N-])OC2(C)C)cc1. The van der Waals surface area contributed by atoms with Crippen LogP contribution in [-0.4, -0.2) is 22.4 Å². The van der Waals surface area contributed by atoms with Gasteiger partial charge in [0.15, 0.2) is 5.60 Å². The topological polar surface area (TPSA) is 66.0 Å². The van der Waals surface area contributed by atoms with Crippen LogP contribution < -0.4 is 0 Å². The smallest absolute Gasteiger partial charge is 0.326 e. The van der Waals surface area contributed by atoms with Crippen molar-refractivity contribution in [1.82, 2.24) is 0 Å². The molecule has 1 saturated heterocycles. The highest BCUT2D eigenvalue weighted by molar-refractivity contribution is 6.30. The van der Waals surface area contributed by atoms with E-state index < -0.39 is 11.2 Å². The van der Waals surface area contributed by atoms with Gasteiger partial charge in [-0.2, -0.15) is 4.79 Å². The standard InChI is InChI=1S/C13H14N2O2/c1-9-4-6-10(7-5-9)13(11(16)8-15-14)12(2,3)17-13/h4-8H,1-3H3/t13-/m1/s1. The second kappa shape index (κ2) is 3.62. The number of nitrogens with zero attached hydrogens (tertiary/aromatic N) is 2. The number of epoxide rings is 1. The van der Waals surface area contributed by atoms with Crippen molar-refractivity contribution in [3.05, 3.63) is 40.9 Å². The van der Waals surface area contributed by atoms with Gasteiger partial charge >= 0.3 is 6.21 Å². The van der Waals surface area contributed by atoms with E-state index >= 15 is 0 Å². The van der Waals surface area contributed by atoms with Crippen molar-refractivity contribution in [1.29, 1.82) is 0 Å². The van der Waals surface area contributed by atoms with Gasteiger partial charge in [-0.25, -0.2) is 0 Å². The molecule has 0 spiro atoms. The number of carbonyl (C=O) groups is 1. The molecule has 1 fully saturated rings. The highest BCUT2D eigenvalue weighted by atomic mass is 16.6. The Balaban J connectivity index is 2.48. The molecular formula is C13H14N2O2. The van der Waals surface area contributed by atoms with Crippen LogP contribution in [0.15, 0.2) is 24.3 Å². The second-order valence-corrected chi connectivity index (χ2v) is 4.77. The monoisotopic (exact) mass is 230 g/mol. The van der Waals surface area contributed by atoms with Gasteiger partial charge in [-0.1, -0.05) is 29.8 Å². The summed E-state index contributed by atoms with van der Waals surface area (Å²) in [5, 5.41) is 0. The third-order valence-corrected chi connectivity index (χ3v) is 3.19. The van der Waals surface area contributed by atoms with Crippen LogP contribution in [0.2, 0.25) is 0 Å². The Bertz CT molecular complexity index is 513. The largest absolute Gasteiger partial charge is 0.361 e. The number of aryl methyl sites for hydroxylation is 1. The molecule has 0 saturated carbocycles. The maximum atomic E-state index is 12.0. The van der Waals surface area contributed by atoms with Crippen LogP contribution in [0.4, 0.5) is 0 Å². The number of hydrogen-bond donors (Lipinski definition) is 0. The first-order valence-electron chi connectivity index (χ1n) is 5.43. The molecule has 4 nitrogen and oxygen atoms in total. The molecule has 1 atom stereocenters. The van der Waals surface area contributed by atoms with Crippen molar-refractivity contribution in [3.63, 3.8) is 0 Å². The lowest BCUT2D eigenvalue weighted by Gasteiger charge is -2.10. The molecule has 0 amide bonds. The van der Waals surface area contributed by atoms with E-state index in [1.807, 2.05) is 45.0 Å². The molecule has 1 aliphatic heterocycles. The van der Waals surface area contributed by atoms with E-state index in [1.54, 1.807) is 0 Å². The molecule has 1 heterocycles. The number of ether oxygens (including phenoxy) is 1. The van der Waals surface area contributed by atoms with Crippen LogP contribution in [0.1, 0.15) is 25.0 Å². The maximum Gasteiger partial charge on any atom is 0.326 e. The predicted molar refractivity (Wildman–Crippen MR) is 62.7 cm³/mol. The van der Waals surface area contributed by atoms with Gasteiger partial charge in [0.25, 0.3) is 5.78 Å². The highest BCUT2D eigenvalue weighted by Gasteiger charge is 2.70. The Labute approximate surface area is 99.8 Å². The fraction of sp³-hybridized carbons (Fsp3) is 0.385. The van der Waals surface area contributed by atoms with Gasteiger partial charge in [0.05, 0.1) is 0 Å². The summed E-state index contributed by atoms with van der Waals surface area (Å²) in [5.74, 6) is -0.339. The summed E-state index contributed by atoms with van der Waals surface area (Å²) in [6, 6.07) is 7.59. The fourth-order valence-corrected chi connectivity index (χ4v) is 2.18. The molecule has 0 unspecified atom stereocenters. The van der Waals surface area contributed by atoms with Gasteiger partial charge in [0, 0.05) is 0 Å². The van der Waals surface area contributed by atoms with Crippen LogP contribution in [-0.2, 0) is 15.1 Å². The van der Waals surface area contributed by atoms with Gasteiger partial charge in [0.1, 0.15) is 5.60 Å². The molecular weight excluding hydrogens is 216 g/mol. The van der Waals surface area contributed by atoms with Gasteiger partial charge in [-0.15, -0.1) is 0 Å². The van der Waals surface area contributed by atoms with Gasteiger partial charge in [-0.05, 0) is 26.3 Å². The summed E-state index contributed by atoms with van der Waals surface area (Å²) in [5.41, 5.74) is 8.81. The molecule has 1 aliphatic rings. The molecule has 88 valence electrons. The average Bonchev–Trinajstić information content (AvgIpc) is 2.84. The molecule has 0 radical (unpaired) electrons. The molecule has 1 aromatic carbocycles. The molecule has 4 heteroatoms. The van der Waals surface area contributed by atoms with Crippen LogP contribution in [0.5, 0.6) is 0 Å². The first-order chi connectivity index (χ1) is 7.94. The summed E-state index contributed by atoms with van der Waals surface area (Å²) < 4.78 is 5.58. The van der Waals surface area contributed by atoms with E-state index in [1.165, 1.54) is 0 Å². The lowest BCUT2D eigenvalue weighted by atomic mass is 9.85. The molecule has 2 rings (SSSR count). The Morgan fingerprint density at radius 3 is 2.29 bits per heavy atom. The Morgan fingerprint density at radius 1 is 1.35 bits per heavy atom. The fourth-order valence-electron chi connectivity index (χ4n) is 2.18. The third kappa shape index (κ3) is 1.62. The lowest BCUT2D eigenvalue weighted by molar-refractivity contribution is -0.121. The van der Waals surface area contributed by atoms with Gasteiger partial charge in [0.2, 0.25) is 0 Å². The van der Waals surface area contributed by atoms with E-state index in [-0.39, 0.29) is 5.78 Å². The van der Waals surface area contributed by atoms with E-state index in [0.717, 1.165) is 17.3 Å². The number of Topliss-reactive ketones (excluding diaryl/α,β-unsaturated/α-hetero) is 1. The zero-order valence-electron chi connectivity index (χ0n) is 10.1. The number of ketones is 1. The molecule has 0 aliphatic carbocycles. The Hall–Kier alpha value is -1.77. The van der Waals surface area contributed by atoms with Crippen LogP contribution in [0.3, 0.4) is 0 Å². The van der Waals surface area contributed by atoms with Gasteiger partial charge in [-0.3, -0.25) is 4.79 Å². The van der Waals surface area contributed by atoms with Gasteiger partial charge < -0.3 is 10.3 Å². The third-order valence-electron chi connectivity index (χ3n) is 3.19. The molecule has 0 aromatic heterocycles. The van der Waals surface area contributed by atoms with Crippen LogP contribution in [0, 0.1) is 6.92 Å². The minimum Gasteiger partial charge on any atom is -0.361 e. The maximum absolute atomic E-state index is 12.0. The van der Waals surface area contributed by atoms with Crippen molar-refractivity contribution >= 4 is 12.0 Å². The average molecular weight is 230 g/mol. The molecule has 0 bridgehead atoms. The van der Waals surface area contributed by atoms with Crippen molar-refractivity contribution in [3.8, 4) is 0 Å². The first kappa shape index (κ1) is 11.7. The molecule has 1 aromatic rings. The van der Waals surface area contributed by atoms with Crippen molar-refractivity contribution in [2.45, 2.75) is 32.0 Å². The normalized spacial score (nSPS) is 24.9. The first-order valence-corrected chi connectivity index (χ1v) is 5.43. The number of carbonyl (C=O) groups excluding carboxylic acids is 1. The minimum absolute atomic E-state index is 0.339. The van der Waals surface area contributed by atoms with Crippen LogP contribution in [0.25, 0.3) is 5.53 Å². The molecule has 0 N–H and O–H groups in total. The van der Waals surface area contributed by atoms with Crippen LogP contribution >= 0.6 is 0 Å². The zero-order chi connectivity index (χ0) is 12.7. The second-order valence-electron chi connectivity index (χ2n) is 4.77. The van der Waals surface area contributed by atoms with E-state index in [4.69, 9.17) is 10.3 Å². The summed E-state index contributed by atoms with van der Waals surface area (Å²) in [6.07, 6.45) is 0.897.